The summed E-state index contributed by atoms with van der Waals surface area (Å²) in [5.41, 5.74) is 2.17. The minimum Gasteiger partial charge on any atom is -0.384 e. The Labute approximate surface area is 247 Å². The molecule has 1 aromatic heterocycles. The van der Waals surface area contributed by atoms with Crippen molar-refractivity contribution in [3.63, 3.8) is 0 Å². The number of halogens is 4. The van der Waals surface area contributed by atoms with Crippen LogP contribution in [0.1, 0.15) is 36.3 Å². The fraction of sp³-hybridized carbons (Fsp3) is 0.300. The van der Waals surface area contributed by atoms with Gasteiger partial charge in [0, 0.05) is 43.5 Å². The standard InChI is InChI=1S/C30H31Cl2N3O.2ClH/c31-27-14-13-24(21-28(27)32)26-22-34(19-15-30(26,36)25-11-5-2-6-12-25)17-7-8-18-35-20-16-33-29(35)23-9-3-1-4-10-23;;/h1-6,9-14,16,20-21,26,36H,7-8,15,17-19,22H2;2*1H. The van der Waals surface area contributed by atoms with Crippen LogP contribution in [0.4, 0.5) is 0 Å². The molecule has 0 bridgehead atoms. The molecular weight excluding hydrogens is 560 g/mol. The maximum atomic E-state index is 12.0. The molecule has 1 aliphatic heterocycles. The second kappa shape index (κ2) is 13.8. The number of imidazole rings is 1. The third kappa shape index (κ3) is 6.74. The first-order valence-electron chi connectivity index (χ1n) is 12.6. The van der Waals surface area contributed by atoms with E-state index in [1.54, 1.807) is 0 Å². The van der Waals surface area contributed by atoms with E-state index in [0.29, 0.717) is 16.5 Å². The van der Waals surface area contributed by atoms with E-state index in [1.165, 1.54) is 0 Å². The van der Waals surface area contributed by atoms with Crippen molar-refractivity contribution in [3.8, 4) is 11.4 Å². The van der Waals surface area contributed by atoms with Gasteiger partial charge < -0.3 is 14.6 Å². The maximum absolute atomic E-state index is 12.0. The Morgan fingerprint density at radius 1 is 0.868 bits per heavy atom. The zero-order valence-electron chi connectivity index (χ0n) is 21.0. The lowest BCUT2D eigenvalue weighted by atomic mass is 9.72. The van der Waals surface area contributed by atoms with Crippen LogP contribution in [-0.2, 0) is 12.1 Å². The van der Waals surface area contributed by atoms with Gasteiger partial charge in [-0.1, -0.05) is 89.9 Å². The lowest BCUT2D eigenvalue weighted by Crippen LogP contribution is -2.48. The normalized spacial score (nSPS) is 19.4. The molecule has 5 rings (SSSR count). The first kappa shape index (κ1) is 30.5. The molecule has 1 fully saturated rings. The SMILES string of the molecule is Cl.Cl.OC1(c2ccccc2)CCN(CCCCn2ccnc2-c2ccccc2)CC1c1ccc(Cl)c(Cl)c1. The Morgan fingerprint density at radius 2 is 1.55 bits per heavy atom. The van der Waals surface area contributed by atoms with Crippen LogP contribution < -0.4 is 0 Å². The number of benzene rings is 3. The highest BCUT2D eigenvalue weighted by atomic mass is 35.5. The summed E-state index contributed by atoms with van der Waals surface area (Å²) >= 11 is 12.6. The Bertz CT molecular complexity index is 1290. The molecule has 1 saturated heterocycles. The minimum atomic E-state index is -0.948. The first-order valence-corrected chi connectivity index (χ1v) is 13.3. The average Bonchev–Trinajstić information content (AvgIpc) is 3.39. The molecule has 2 unspecified atom stereocenters. The largest absolute Gasteiger partial charge is 0.384 e. The van der Waals surface area contributed by atoms with Crippen molar-refractivity contribution in [1.82, 2.24) is 14.5 Å². The minimum absolute atomic E-state index is 0. The van der Waals surface area contributed by atoms with Gasteiger partial charge in [0.2, 0.25) is 0 Å². The van der Waals surface area contributed by atoms with Crippen LogP contribution in [0.2, 0.25) is 10.0 Å². The number of likely N-dealkylation sites (tertiary alicyclic amines) is 1. The maximum Gasteiger partial charge on any atom is 0.139 e. The lowest BCUT2D eigenvalue weighted by molar-refractivity contribution is -0.0473. The summed E-state index contributed by atoms with van der Waals surface area (Å²) in [4.78, 5) is 7.03. The first-order chi connectivity index (χ1) is 17.5. The van der Waals surface area contributed by atoms with E-state index in [4.69, 9.17) is 23.2 Å². The van der Waals surface area contributed by atoms with E-state index in [0.717, 1.165) is 61.5 Å². The van der Waals surface area contributed by atoms with Crippen molar-refractivity contribution in [2.75, 3.05) is 19.6 Å². The number of aliphatic hydroxyl groups is 1. The summed E-state index contributed by atoms with van der Waals surface area (Å²) in [6, 6.07) is 26.1. The lowest BCUT2D eigenvalue weighted by Gasteiger charge is -2.45. The third-order valence-corrected chi connectivity index (χ3v) is 8.06. The monoisotopic (exact) mass is 591 g/mol. The topological polar surface area (TPSA) is 41.3 Å². The van der Waals surface area contributed by atoms with Crippen molar-refractivity contribution >= 4 is 48.0 Å². The average molecular weight is 593 g/mol. The van der Waals surface area contributed by atoms with Gasteiger partial charge in [0.15, 0.2) is 0 Å². The van der Waals surface area contributed by atoms with Crippen molar-refractivity contribution in [2.45, 2.75) is 37.3 Å². The van der Waals surface area contributed by atoms with E-state index in [-0.39, 0.29) is 30.7 Å². The molecule has 38 heavy (non-hydrogen) atoms. The number of unbranched alkanes of at least 4 members (excludes halogenated alkanes) is 1. The fourth-order valence-electron chi connectivity index (χ4n) is 5.34. The highest BCUT2D eigenvalue weighted by molar-refractivity contribution is 6.42. The van der Waals surface area contributed by atoms with Gasteiger partial charge in [-0.15, -0.1) is 24.8 Å². The molecule has 4 aromatic rings. The van der Waals surface area contributed by atoms with Gasteiger partial charge >= 0.3 is 0 Å². The molecule has 0 aliphatic carbocycles. The molecule has 0 saturated carbocycles. The number of aromatic nitrogens is 2. The zero-order valence-corrected chi connectivity index (χ0v) is 24.2. The molecule has 0 amide bonds. The Balaban J connectivity index is 0.00000200. The van der Waals surface area contributed by atoms with Crippen LogP contribution in [0, 0.1) is 0 Å². The van der Waals surface area contributed by atoms with Crippen LogP contribution in [0.15, 0.2) is 91.3 Å². The van der Waals surface area contributed by atoms with Crippen LogP contribution in [0.3, 0.4) is 0 Å². The highest BCUT2D eigenvalue weighted by Gasteiger charge is 2.43. The molecular formula is C30H33Cl4N3O. The number of rotatable bonds is 8. The van der Waals surface area contributed by atoms with Crippen LogP contribution in [-0.4, -0.2) is 39.2 Å². The summed E-state index contributed by atoms with van der Waals surface area (Å²) in [6.07, 6.45) is 6.74. The fourth-order valence-corrected chi connectivity index (χ4v) is 5.65. The van der Waals surface area contributed by atoms with Gasteiger partial charge in [-0.3, -0.25) is 0 Å². The van der Waals surface area contributed by atoms with E-state index < -0.39 is 5.60 Å². The van der Waals surface area contributed by atoms with Crippen LogP contribution in [0.25, 0.3) is 11.4 Å². The molecule has 202 valence electrons. The summed E-state index contributed by atoms with van der Waals surface area (Å²) < 4.78 is 2.23. The van der Waals surface area contributed by atoms with E-state index in [9.17, 15) is 5.11 Å². The smallest absolute Gasteiger partial charge is 0.139 e. The number of aryl methyl sites for hydroxylation is 1. The van der Waals surface area contributed by atoms with Crippen molar-refractivity contribution < 1.29 is 5.11 Å². The van der Waals surface area contributed by atoms with Gasteiger partial charge in [0.05, 0.1) is 15.6 Å². The predicted octanol–water partition coefficient (Wildman–Crippen LogP) is 7.86. The predicted molar refractivity (Wildman–Crippen MR) is 162 cm³/mol. The number of nitrogens with zero attached hydrogens (tertiary/aromatic N) is 3. The molecule has 0 spiro atoms. The number of piperidine rings is 1. The van der Waals surface area contributed by atoms with Crippen LogP contribution in [0.5, 0.6) is 0 Å². The van der Waals surface area contributed by atoms with Crippen molar-refractivity contribution in [2.24, 2.45) is 0 Å². The van der Waals surface area contributed by atoms with E-state index in [1.807, 2.05) is 72.9 Å². The van der Waals surface area contributed by atoms with E-state index >= 15 is 0 Å². The van der Waals surface area contributed by atoms with Gasteiger partial charge in [-0.2, -0.15) is 0 Å². The molecule has 2 heterocycles. The molecule has 1 aliphatic rings. The number of hydrogen-bond donors (Lipinski definition) is 1. The highest BCUT2D eigenvalue weighted by Crippen LogP contribution is 2.44. The third-order valence-electron chi connectivity index (χ3n) is 7.32. The molecule has 3 aromatic carbocycles. The Kier molecular flexibility index (Phi) is 11.1. The van der Waals surface area contributed by atoms with Gasteiger partial charge in [-0.05, 0) is 49.1 Å². The second-order valence-electron chi connectivity index (χ2n) is 9.58. The quantitative estimate of drug-likeness (QED) is 0.212. The summed E-state index contributed by atoms with van der Waals surface area (Å²) in [5.74, 6) is 0.919. The zero-order chi connectivity index (χ0) is 25.0. The molecule has 8 heteroatoms. The van der Waals surface area contributed by atoms with Crippen molar-refractivity contribution in [1.29, 1.82) is 0 Å². The summed E-state index contributed by atoms with van der Waals surface area (Å²) in [5, 5.41) is 13.0. The van der Waals surface area contributed by atoms with Crippen molar-refractivity contribution in [3.05, 3.63) is 112 Å². The van der Waals surface area contributed by atoms with Gasteiger partial charge in [0.25, 0.3) is 0 Å². The number of hydrogen-bond acceptors (Lipinski definition) is 3. The Hall–Kier alpha value is -2.05. The van der Waals surface area contributed by atoms with Gasteiger partial charge in [0.1, 0.15) is 5.82 Å². The summed E-state index contributed by atoms with van der Waals surface area (Å²) in [6.45, 7) is 3.54. The second-order valence-corrected chi connectivity index (χ2v) is 10.4. The molecule has 2 atom stereocenters. The molecule has 4 nitrogen and oxygen atoms in total. The molecule has 0 radical (unpaired) electrons. The summed E-state index contributed by atoms with van der Waals surface area (Å²) in [7, 11) is 0. The van der Waals surface area contributed by atoms with Crippen LogP contribution >= 0.6 is 48.0 Å². The Morgan fingerprint density at radius 3 is 2.26 bits per heavy atom. The van der Waals surface area contributed by atoms with Gasteiger partial charge in [-0.25, -0.2) is 4.98 Å². The molecule has 1 N–H and O–H groups in total. The van der Waals surface area contributed by atoms with E-state index in [2.05, 4.69) is 32.8 Å².